The van der Waals surface area contributed by atoms with E-state index in [-0.39, 0.29) is 5.91 Å². The number of hydrogen-bond donors (Lipinski definition) is 1. The van der Waals surface area contributed by atoms with Gasteiger partial charge in [0.1, 0.15) is 5.69 Å². The highest BCUT2D eigenvalue weighted by molar-refractivity contribution is 6.06. The first-order valence-corrected chi connectivity index (χ1v) is 8.83. The van der Waals surface area contributed by atoms with Gasteiger partial charge in [-0.05, 0) is 17.7 Å². The number of benzene rings is 2. The number of hydrogen-bond acceptors (Lipinski definition) is 4. The molecule has 0 unspecified atom stereocenters. The van der Waals surface area contributed by atoms with Crippen molar-refractivity contribution < 1.29 is 18.7 Å². The van der Waals surface area contributed by atoms with Crippen LogP contribution in [0.3, 0.4) is 0 Å². The van der Waals surface area contributed by atoms with E-state index in [9.17, 15) is 4.79 Å². The number of fused-ring (bicyclic) bond motifs is 1. The number of furan rings is 1. The minimum absolute atomic E-state index is 0.227. The number of aromatic nitrogens is 1. The number of nitrogens with one attached hydrogen (secondary N) is 1. The predicted molar refractivity (Wildman–Crippen MR) is 107 cm³/mol. The second kappa shape index (κ2) is 7.52. The van der Waals surface area contributed by atoms with Crippen molar-refractivity contribution >= 4 is 22.7 Å². The van der Waals surface area contributed by atoms with Gasteiger partial charge in [-0.3, -0.25) is 4.79 Å². The Morgan fingerprint density at radius 1 is 1.00 bits per heavy atom. The lowest BCUT2D eigenvalue weighted by Crippen LogP contribution is -2.17. The molecule has 1 N–H and O–H groups in total. The first kappa shape index (κ1) is 17.7. The third-order valence-corrected chi connectivity index (χ3v) is 4.58. The summed E-state index contributed by atoms with van der Waals surface area (Å²) in [5.74, 6) is 0.925. The van der Waals surface area contributed by atoms with Crippen LogP contribution in [0.4, 0.5) is 5.69 Å². The lowest BCUT2D eigenvalue weighted by Gasteiger charge is -2.12. The van der Waals surface area contributed by atoms with Crippen LogP contribution < -0.4 is 14.8 Å². The van der Waals surface area contributed by atoms with Crippen LogP contribution in [0.25, 0.3) is 11.1 Å². The Labute approximate surface area is 162 Å². The molecule has 4 rings (SSSR count). The molecule has 0 radical (unpaired) electrons. The van der Waals surface area contributed by atoms with Crippen molar-refractivity contribution in [2.45, 2.75) is 6.54 Å². The van der Waals surface area contributed by atoms with Crippen LogP contribution in [0.2, 0.25) is 0 Å². The maximum Gasteiger partial charge on any atom is 0.272 e. The standard InChI is InChI=1S/C22H20N2O4/c1-26-19-9-8-16(12-21(19)27-2)23-22(25)18-13-20-17(10-11-28-20)24(18)14-15-6-4-3-5-7-15/h3-13H,14H2,1-2H3,(H,23,25). The molecule has 0 fully saturated rings. The quantitative estimate of drug-likeness (QED) is 0.536. The monoisotopic (exact) mass is 376 g/mol. The van der Waals surface area contributed by atoms with Crippen molar-refractivity contribution in [3.05, 3.63) is 78.2 Å². The van der Waals surface area contributed by atoms with Gasteiger partial charge in [-0.15, -0.1) is 0 Å². The van der Waals surface area contributed by atoms with E-state index in [1.165, 1.54) is 0 Å². The van der Waals surface area contributed by atoms with Crippen molar-refractivity contribution in [2.75, 3.05) is 19.5 Å². The highest BCUT2D eigenvalue weighted by Gasteiger charge is 2.18. The predicted octanol–water partition coefficient (Wildman–Crippen LogP) is 4.55. The molecule has 0 saturated heterocycles. The molecule has 0 aliphatic carbocycles. The Morgan fingerprint density at radius 2 is 1.79 bits per heavy atom. The molecule has 0 aliphatic heterocycles. The van der Waals surface area contributed by atoms with E-state index in [0.29, 0.717) is 35.0 Å². The molecule has 0 bridgehead atoms. The molecule has 2 aromatic carbocycles. The Bertz CT molecular complexity index is 1110. The lowest BCUT2D eigenvalue weighted by molar-refractivity contribution is 0.101. The summed E-state index contributed by atoms with van der Waals surface area (Å²) < 4.78 is 18.0. The number of carbonyl (C=O) groups is 1. The van der Waals surface area contributed by atoms with E-state index in [2.05, 4.69) is 5.32 Å². The Balaban J connectivity index is 1.66. The molecule has 4 aromatic rings. The van der Waals surface area contributed by atoms with E-state index >= 15 is 0 Å². The van der Waals surface area contributed by atoms with Gasteiger partial charge in [0.2, 0.25) is 0 Å². The van der Waals surface area contributed by atoms with Crippen molar-refractivity contribution in [1.29, 1.82) is 0 Å². The molecule has 0 aliphatic rings. The Morgan fingerprint density at radius 3 is 2.54 bits per heavy atom. The molecule has 0 spiro atoms. The number of rotatable bonds is 6. The highest BCUT2D eigenvalue weighted by Crippen LogP contribution is 2.30. The smallest absolute Gasteiger partial charge is 0.272 e. The molecule has 0 saturated carbocycles. The van der Waals surface area contributed by atoms with E-state index in [4.69, 9.17) is 13.9 Å². The van der Waals surface area contributed by atoms with Gasteiger partial charge in [0.05, 0.1) is 26.0 Å². The third-order valence-electron chi connectivity index (χ3n) is 4.58. The fourth-order valence-electron chi connectivity index (χ4n) is 3.21. The summed E-state index contributed by atoms with van der Waals surface area (Å²) in [4.78, 5) is 13.0. The SMILES string of the molecule is COc1ccc(NC(=O)c2cc3occc3n2Cc2ccccc2)cc1OC. The third kappa shape index (κ3) is 3.32. The van der Waals surface area contributed by atoms with Gasteiger partial charge < -0.3 is 23.8 Å². The van der Waals surface area contributed by atoms with E-state index < -0.39 is 0 Å². The summed E-state index contributed by atoms with van der Waals surface area (Å²) in [6.45, 7) is 0.568. The summed E-state index contributed by atoms with van der Waals surface area (Å²) in [5.41, 5.74) is 3.79. The molecule has 6 nitrogen and oxygen atoms in total. The fraction of sp³-hybridized carbons (Fsp3) is 0.136. The molecule has 28 heavy (non-hydrogen) atoms. The van der Waals surface area contributed by atoms with Crippen LogP contribution in [0, 0.1) is 0 Å². The number of anilines is 1. The van der Waals surface area contributed by atoms with Gasteiger partial charge in [-0.2, -0.15) is 0 Å². The number of methoxy groups -OCH3 is 2. The largest absolute Gasteiger partial charge is 0.493 e. The van der Waals surface area contributed by atoms with Gasteiger partial charge in [0, 0.05) is 30.4 Å². The van der Waals surface area contributed by atoms with Crippen LogP contribution in [-0.2, 0) is 6.54 Å². The van der Waals surface area contributed by atoms with E-state index in [1.807, 2.05) is 41.0 Å². The molecule has 2 aromatic heterocycles. The molecule has 0 atom stereocenters. The maximum absolute atomic E-state index is 13.0. The minimum atomic E-state index is -0.227. The maximum atomic E-state index is 13.0. The number of amides is 1. The van der Waals surface area contributed by atoms with Gasteiger partial charge in [-0.1, -0.05) is 30.3 Å². The molecular formula is C22H20N2O4. The zero-order valence-electron chi connectivity index (χ0n) is 15.6. The number of ether oxygens (including phenoxy) is 2. The van der Waals surface area contributed by atoms with Crippen LogP contribution in [0.15, 0.2) is 71.3 Å². The Kier molecular flexibility index (Phi) is 4.76. The molecule has 1 amide bonds. The van der Waals surface area contributed by atoms with Crippen molar-refractivity contribution in [3.63, 3.8) is 0 Å². The topological polar surface area (TPSA) is 65.6 Å². The summed E-state index contributed by atoms with van der Waals surface area (Å²) in [6.07, 6.45) is 1.63. The van der Waals surface area contributed by atoms with Crippen LogP contribution >= 0.6 is 0 Å². The number of carbonyl (C=O) groups excluding carboxylic acids is 1. The molecule has 2 heterocycles. The summed E-state index contributed by atoms with van der Waals surface area (Å²) in [5, 5.41) is 2.92. The summed E-state index contributed by atoms with van der Waals surface area (Å²) in [7, 11) is 3.13. The van der Waals surface area contributed by atoms with Crippen molar-refractivity contribution in [3.8, 4) is 11.5 Å². The zero-order valence-corrected chi connectivity index (χ0v) is 15.6. The van der Waals surface area contributed by atoms with Gasteiger partial charge >= 0.3 is 0 Å². The van der Waals surface area contributed by atoms with Gasteiger partial charge in [0.25, 0.3) is 5.91 Å². The van der Waals surface area contributed by atoms with Gasteiger partial charge in [-0.25, -0.2) is 0 Å². The first-order chi connectivity index (χ1) is 13.7. The average molecular weight is 376 g/mol. The Hall–Kier alpha value is -3.67. The zero-order chi connectivity index (χ0) is 19.5. The average Bonchev–Trinajstić information content (AvgIpc) is 3.31. The molecule has 142 valence electrons. The van der Waals surface area contributed by atoms with Crippen molar-refractivity contribution in [1.82, 2.24) is 4.57 Å². The van der Waals surface area contributed by atoms with E-state index in [1.54, 1.807) is 44.7 Å². The minimum Gasteiger partial charge on any atom is -0.493 e. The fourth-order valence-corrected chi connectivity index (χ4v) is 3.21. The molecular weight excluding hydrogens is 356 g/mol. The normalized spacial score (nSPS) is 10.8. The van der Waals surface area contributed by atoms with Gasteiger partial charge in [0.15, 0.2) is 17.1 Å². The lowest BCUT2D eigenvalue weighted by atomic mass is 10.2. The van der Waals surface area contributed by atoms with Crippen LogP contribution in [0.1, 0.15) is 16.1 Å². The second-order valence-corrected chi connectivity index (χ2v) is 6.30. The highest BCUT2D eigenvalue weighted by atomic mass is 16.5. The van der Waals surface area contributed by atoms with Crippen molar-refractivity contribution in [2.24, 2.45) is 0 Å². The van der Waals surface area contributed by atoms with Crippen LogP contribution in [-0.4, -0.2) is 24.7 Å². The van der Waals surface area contributed by atoms with Crippen LogP contribution in [0.5, 0.6) is 11.5 Å². The summed E-state index contributed by atoms with van der Waals surface area (Å²) >= 11 is 0. The van der Waals surface area contributed by atoms with E-state index in [0.717, 1.165) is 11.1 Å². The number of nitrogens with zero attached hydrogens (tertiary/aromatic N) is 1. The first-order valence-electron chi connectivity index (χ1n) is 8.83. The summed E-state index contributed by atoms with van der Waals surface area (Å²) in [6, 6.07) is 18.9. The second-order valence-electron chi connectivity index (χ2n) is 6.30. The molecule has 6 heteroatoms.